The molecule has 2 unspecified atom stereocenters. The van der Waals surface area contributed by atoms with Crippen molar-refractivity contribution >= 4 is 29.9 Å². The van der Waals surface area contributed by atoms with Crippen LogP contribution in [0, 0.1) is 5.92 Å². The maximum absolute atomic E-state index is 12.5. The average Bonchev–Trinajstić information content (AvgIpc) is 3.63. The van der Waals surface area contributed by atoms with E-state index in [4.69, 9.17) is 11.6 Å². The molecule has 1 fully saturated rings. The van der Waals surface area contributed by atoms with Gasteiger partial charge in [-0.15, -0.1) is 12.4 Å². The molecule has 1 aromatic heterocycles. The van der Waals surface area contributed by atoms with Crippen LogP contribution in [-0.2, 0) is 0 Å². The lowest BCUT2D eigenvalue weighted by Crippen LogP contribution is -2.29. The highest BCUT2D eigenvalue weighted by atomic mass is 35.5. The quantitative estimate of drug-likeness (QED) is 0.270. The fourth-order valence-electron chi connectivity index (χ4n) is 4.63. The number of benzene rings is 2. The molecule has 1 heterocycles. The molecule has 1 amide bonds. The van der Waals surface area contributed by atoms with Gasteiger partial charge in [0, 0.05) is 35.4 Å². The summed E-state index contributed by atoms with van der Waals surface area (Å²) in [5.74, 6) is 1.38. The van der Waals surface area contributed by atoms with E-state index in [-0.39, 0.29) is 18.3 Å². The number of carbonyl (C=O) groups is 1. The van der Waals surface area contributed by atoms with Crippen LogP contribution < -0.4 is 5.32 Å². The number of hydrogen-bond acceptors (Lipinski definition) is 3. The molecule has 1 aliphatic carbocycles. The predicted molar refractivity (Wildman–Crippen MR) is 148 cm³/mol. The summed E-state index contributed by atoms with van der Waals surface area (Å²) in [7, 11) is 0. The maximum Gasteiger partial charge on any atom is 0.251 e. The molecule has 0 saturated heterocycles. The van der Waals surface area contributed by atoms with Crippen molar-refractivity contribution in [1.29, 1.82) is 0 Å². The minimum Gasteiger partial charge on any atom is -0.352 e. The first kappa shape index (κ1) is 27.2. The van der Waals surface area contributed by atoms with E-state index in [2.05, 4.69) is 40.3 Å². The number of pyridine rings is 1. The third-order valence-electron chi connectivity index (χ3n) is 6.53. The van der Waals surface area contributed by atoms with E-state index in [9.17, 15) is 4.79 Å². The maximum atomic E-state index is 12.5. The van der Waals surface area contributed by atoms with Crippen LogP contribution in [-0.4, -0.2) is 42.0 Å². The molecular weight excluding hydrogens is 477 g/mol. The zero-order chi connectivity index (χ0) is 23.8. The number of carbonyl (C=O) groups excluding carboxylic acids is 1. The molecule has 0 radical (unpaired) electrons. The predicted octanol–water partition coefficient (Wildman–Crippen LogP) is 6.85. The molecule has 1 N–H and O–H groups in total. The number of halogens is 2. The lowest BCUT2D eigenvalue weighted by atomic mass is 10.1. The summed E-state index contributed by atoms with van der Waals surface area (Å²) >= 11 is 6.17. The molecule has 0 bridgehead atoms. The van der Waals surface area contributed by atoms with Gasteiger partial charge in [0.2, 0.25) is 0 Å². The molecule has 4 rings (SSSR count). The number of unbranched alkanes of at least 4 members (excludes halogenated alkanes) is 1. The standard InChI is InChI=1S/C29H34ClN3O.ClH/c1-2-17-33(21-25-20-27(25)24-8-7-9-26(30)19-24)18-6-5-16-32-29(34)23-13-11-22(12-14-23)28-10-3-4-15-31-28;/h3-4,7-15,19,25,27H,2,5-6,16-18,20-21H2,1H3,(H,32,34);1H. The van der Waals surface area contributed by atoms with Crippen molar-refractivity contribution < 1.29 is 4.79 Å². The van der Waals surface area contributed by atoms with Crippen LogP contribution in [0.5, 0.6) is 0 Å². The first-order chi connectivity index (χ1) is 16.6. The Morgan fingerprint density at radius 3 is 2.60 bits per heavy atom. The van der Waals surface area contributed by atoms with Crippen molar-refractivity contribution in [2.45, 2.75) is 38.5 Å². The summed E-state index contributed by atoms with van der Waals surface area (Å²) in [4.78, 5) is 19.4. The highest BCUT2D eigenvalue weighted by molar-refractivity contribution is 6.30. The summed E-state index contributed by atoms with van der Waals surface area (Å²) in [6.07, 6.45) is 6.28. The van der Waals surface area contributed by atoms with Crippen molar-refractivity contribution in [2.75, 3.05) is 26.2 Å². The second-order valence-electron chi connectivity index (χ2n) is 9.21. The van der Waals surface area contributed by atoms with E-state index in [1.807, 2.05) is 48.5 Å². The molecule has 1 saturated carbocycles. The third kappa shape index (κ3) is 8.06. The Hall–Kier alpha value is -2.40. The monoisotopic (exact) mass is 511 g/mol. The van der Waals surface area contributed by atoms with E-state index in [0.717, 1.165) is 54.7 Å². The van der Waals surface area contributed by atoms with Gasteiger partial charge in [-0.3, -0.25) is 9.78 Å². The van der Waals surface area contributed by atoms with Gasteiger partial charge >= 0.3 is 0 Å². The van der Waals surface area contributed by atoms with Crippen LogP contribution in [0.1, 0.15) is 54.4 Å². The Kier molecular flexibility index (Phi) is 10.6. The van der Waals surface area contributed by atoms with Crippen molar-refractivity contribution in [1.82, 2.24) is 15.2 Å². The second-order valence-corrected chi connectivity index (χ2v) is 9.65. The van der Waals surface area contributed by atoms with Crippen LogP contribution in [0.3, 0.4) is 0 Å². The number of nitrogens with zero attached hydrogens (tertiary/aromatic N) is 2. The molecular formula is C29H35Cl2N3O. The van der Waals surface area contributed by atoms with E-state index in [1.165, 1.54) is 18.4 Å². The number of rotatable bonds is 12. The van der Waals surface area contributed by atoms with Gasteiger partial charge in [0.15, 0.2) is 0 Å². The lowest BCUT2D eigenvalue weighted by molar-refractivity contribution is 0.0952. The molecule has 0 spiro atoms. The Bertz CT molecular complexity index is 1060. The van der Waals surface area contributed by atoms with E-state index in [1.54, 1.807) is 6.20 Å². The van der Waals surface area contributed by atoms with Crippen LogP contribution in [0.25, 0.3) is 11.3 Å². The molecule has 1 aliphatic rings. The van der Waals surface area contributed by atoms with Gasteiger partial charge in [-0.05, 0) is 92.6 Å². The number of amides is 1. The van der Waals surface area contributed by atoms with Gasteiger partial charge in [0.25, 0.3) is 5.91 Å². The Labute approximate surface area is 220 Å². The lowest BCUT2D eigenvalue weighted by Gasteiger charge is -2.22. The fraction of sp³-hybridized carbons (Fsp3) is 0.379. The van der Waals surface area contributed by atoms with Crippen LogP contribution in [0.2, 0.25) is 5.02 Å². The minimum absolute atomic E-state index is 0. The van der Waals surface area contributed by atoms with Crippen molar-refractivity contribution in [3.05, 3.63) is 89.1 Å². The molecule has 0 aliphatic heterocycles. The average molecular weight is 513 g/mol. The van der Waals surface area contributed by atoms with Gasteiger partial charge in [-0.25, -0.2) is 0 Å². The number of nitrogens with one attached hydrogen (secondary N) is 1. The first-order valence-electron chi connectivity index (χ1n) is 12.4. The summed E-state index contributed by atoms with van der Waals surface area (Å²) in [5, 5.41) is 3.90. The van der Waals surface area contributed by atoms with E-state index < -0.39 is 0 Å². The highest BCUT2D eigenvalue weighted by Crippen LogP contribution is 2.48. The Morgan fingerprint density at radius 2 is 1.89 bits per heavy atom. The zero-order valence-electron chi connectivity index (χ0n) is 20.3. The zero-order valence-corrected chi connectivity index (χ0v) is 21.9. The highest BCUT2D eigenvalue weighted by Gasteiger charge is 2.39. The summed E-state index contributed by atoms with van der Waals surface area (Å²) in [6.45, 7) is 6.32. The van der Waals surface area contributed by atoms with Crippen molar-refractivity contribution in [2.24, 2.45) is 5.92 Å². The number of hydrogen-bond donors (Lipinski definition) is 1. The molecule has 3 aromatic rings. The summed E-state index contributed by atoms with van der Waals surface area (Å²) < 4.78 is 0. The van der Waals surface area contributed by atoms with E-state index in [0.29, 0.717) is 18.0 Å². The normalized spacial score (nSPS) is 16.5. The van der Waals surface area contributed by atoms with Crippen LogP contribution >= 0.6 is 24.0 Å². The van der Waals surface area contributed by atoms with Crippen molar-refractivity contribution in [3.8, 4) is 11.3 Å². The van der Waals surface area contributed by atoms with E-state index >= 15 is 0 Å². The molecule has 6 heteroatoms. The molecule has 2 aromatic carbocycles. The summed E-state index contributed by atoms with van der Waals surface area (Å²) in [6, 6.07) is 21.8. The second kappa shape index (κ2) is 13.6. The van der Waals surface area contributed by atoms with Crippen LogP contribution in [0.15, 0.2) is 72.9 Å². The van der Waals surface area contributed by atoms with Gasteiger partial charge in [0.05, 0.1) is 5.69 Å². The van der Waals surface area contributed by atoms with Gasteiger partial charge < -0.3 is 10.2 Å². The summed E-state index contributed by atoms with van der Waals surface area (Å²) in [5.41, 5.74) is 4.00. The molecule has 35 heavy (non-hydrogen) atoms. The molecule has 186 valence electrons. The fourth-order valence-corrected chi connectivity index (χ4v) is 4.83. The van der Waals surface area contributed by atoms with Gasteiger partial charge in [-0.1, -0.05) is 48.9 Å². The number of aromatic nitrogens is 1. The Morgan fingerprint density at radius 1 is 1.06 bits per heavy atom. The smallest absolute Gasteiger partial charge is 0.251 e. The van der Waals surface area contributed by atoms with Gasteiger partial charge in [-0.2, -0.15) is 0 Å². The first-order valence-corrected chi connectivity index (χ1v) is 12.8. The van der Waals surface area contributed by atoms with Gasteiger partial charge in [0.1, 0.15) is 0 Å². The molecule has 2 atom stereocenters. The largest absolute Gasteiger partial charge is 0.352 e. The topological polar surface area (TPSA) is 45.2 Å². The third-order valence-corrected chi connectivity index (χ3v) is 6.76. The minimum atomic E-state index is -0.0136. The molecule has 4 nitrogen and oxygen atoms in total. The Balaban J connectivity index is 0.00000342. The SMILES string of the molecule is CCCN(CCCCNC(=O)c1ccc(-c2ccccn2)cc1)CC1CC1c1cccc(Cl)c1.Cl. The van der Waals surface area contributed by atoms with Crippen LogP contribution in [0.4, 0.5) is 0 Å². The van der Waals surface area contributed by atoms with Crippen molar-refractivity contribution in [3.63, 3.8) is 0 Å².